The van der Waals surface area contributed by atoms with Crippen molar-refractivity contribution in [3.05, 3.63) is 52.4 Å². The lowest BCUT2D eigenvalue weighted by Gasteiger charge is -2.14. The molecule has 0 aliphatic heterocycles. The first-order valence-electron chi connectivity index (χ1n) is 9.28. The first-order chi connectivity index (χ1) is 12.7. The molecule has 7 heteroatoms. The third-order valence-corrected chi connectivity index (χ3v) is 4.29. The second kappa shape index (κ2) is 12.7. The standard InChI is InChI=1S/C20H30N4O2.HI/c1-5-18-17(19(6-2)26-24-18)13-23-20(21-4)22-12-15-10-8-9-11-16(15)14-25-7-3;/h8-11H,5-7,12-14H2,1-4H3,(H2,21,22,23);1H. The van der Waals surface area contributed by atoms with Gasteiger partial charge in [-0.3, -0.25) is 4.99 Å². The number of hydrogen-bond acceptors (Lipinski definition) is 4. The number of aliphatic imine (C=N–C) groups is 1. The summed E-state index contributed by atoms with van der Waals surface area (Å²) in [5, 5.41) is 10.9. The fraction of sp³-hybridized carbons (Fsp3) is 0.500. The van der Waals surface area contributed by atoms with E-state index in [1.54, 1.807) is 7.05 Å². The van der Waals surface area contributed by atoms with Gasteiger partial charge < -0.3 is 19.9 Å². The molecule has 0 amide bonds. The normalized spacial score (nSPS) is 11.2. The molecule has 0 radical (unpaired) electrons. The summed E-state index contributed by atoms with van der Waals surface area (Å²) in [4.78, 5) is 4.32. The first-order valence-corrected chi connectivity index (χ1v) is 9.28. The van der Waals surface area contributed by atoms with Crippen LogP contribution in [0.4, 0.5) is 0 Å². The summed E-state index contributed by atoms with van der Waals surface area (Å²) in [6.45, 7) is 8.84. The molecular weight excluding hydrogens is 455 g/mol. The summed E-state index contributed by atoms with van der Waals surface area (Å²) in [6, 6.07) is 8.29. The fourth-order valence-corrected chi connectivity index (χ4v) is 2.79. The zero-order chi connectivity index (χ0) is 18.8. The quantitative estimate of drug-likeness (QED) is 0.321. The Bertz CT molecular complexity index is 694. The number of aromatic nitrogens is 1. The van der Waals surface area contributed by atoms with E-state index in [4.69, 9.17) is 9.26 Å². The van der Waals surface area contributed by atoms with E-state index in [-0.39, 0.29) is 24.0 Å². The van der Waals surface area contributed by atoms with Crippen molar-refractivity contribution in [2.75, 3.05) is 13.7 Å². The van der Waals surface area contributed by atoms with Crippen molar-refractivity contribution in [2.24, 2.45) is 4.99 Å². The Morgan fingerprint density at radius 3 is 2.41 bits per heavy atom. The van der Waals surface area contributed by atoms with Gasteiger partial charge in [0.15, 0.2) is 5.96 Å². The van der Waals surface area contributed by atoms with Gasteiger partial charge in [-0.15, -0.1) is 24.0 Å². The summed E-state index contributed by atoms with van der Waals surface area (Å²) in [7, 11) is 1.77. The van der Waals surface area contributed by atoms with Gasteiger partial charge in [0.2, 0.25) is 0 Å². The summed E-state index contributed by atoms with van der Waals surface area (Å²) in [5.41, 5.74) is 4.54. The average molecular weight is 486 g/mol. The Kier molecular flexibility index (Phi) is 11.0. The van der Waals surface area contributed by atoms with Crippen LogP contribution < -0.4 is 10.6 Å². The van der Waals surface area contributed by atoms with Crippen LogP contribution in [0.25, 0.3) is 0 Å². The molecule has 0 saturated heterocycles. The van der Waals surface area contributed by atoms with Crippen molar-refractivity contribution in [1.82, 2.24) is 15.8 Å². The molecule has 0 fully saturated rings. The minimum absolute atomic E-state index is 0. The van der Waals surface area contributed by atoms with E-state index < -0.39 is 0 Å². The maximum Gasteiger partial charge on any atom is 0.191 e. The number of halogens is 1. The number of rotatable bonds is 9. The summed E-state index contributed by atoms with van der Waals surface area (Å²) in [6.07, 6.45) is 1.69. The van der Waals surface area contributed by atoms with E-state index in [1.165, 1.54) is 11.1 Å². The third kappa shape index (κ3) is 6.80. The van der Waals surface area contributed by atoms with Crippen LogP contribution >= 0.6 is 24.0 Å². The van der Waals surface area contributed by atoms with E-state index in [1.807, 2.05) is 19.1 Å². The molecule has 0 aliphatic rings. The van der Waals surface area contributed by atoms with Gasteiger partial charge in [-0.25, -0.2) is 0 Å². The molecule has 0 unspecified atom stereocenters. The van der Waals surface area contributed by atoms with Gasteiger partial charge in [-0.1, -0.05) is 43.3 Å². The largest absolute Gasteiger partial charge is 0.377 e. The zero-order valence-corrected chi connectivity index (χ0v) is 19.0. The molecule has 1 aromatic heterocycles. The van der Waals surface area contributed by atoms with E-state index in [9.17, 15) is 0 Å². The molecule has 6 nitrogen and oxygen atoms in total. The molecule has 0 aliphatic carbocycles. The average Bonchev–Trinajstić information content (AvgIpc) is 3.09. The SMILES string of the molecule is CCOCc1ccccc1CNC(=NC)NCc1c(CC)noc1CC.I. The lowest BCUT2D eigenvalue weighted by molar-refractivity contribution is 0.133. The monoisotopic (exact) mass is 486 g/mol. The summed E-state index contributed by atoms with van der Waals surface area (Å²) < 4.78 is 11.0. The molecular formula is C20H31IN4O2. The Morgan fingerprint density at radius 2 is 1.78 bits per heavy atom. The van der Waals surface area contributed by atoms with E-state index in [0.29, 0.717) is 26.3 Å². The topological polar surface area (TPSA) is 71.7 Å². The maximum absolute atomic E-state index is 5.55. The van der Waals surface area contributed by atoms with Gasteiger partial charge in [0, 0.05) is 38.7 Å². The number of benzene rings is 1. The predicted molar refractivity (Wildman–Crippen MR) is 119 cm³/mol. The maximum atomic E-state index is 5.55. The van der Waals surface area contributed by atoms with Crippen LogP contribution in [0.5, 0.6) is 0 Å². The van der Waals surface area contributed by atoms with E-state index >= 15 is 0 Å². The van der Waals surface area contributed by atoms with Crippen molar-refractivity contribution >= 4 is 29.9 Å². The van der Waals surface area contributed by atoms with Crippen LogP contribution in [0.3, 0.4) is 0 Å². The number of nitrogens with one attached hydrogen (secondary N) is 2. The van der Waals surface area contributed by atoms with Gasteiger partial charge in [-0.2, -0.15) is 0 Å². The highest BCUT2D eigenvalue weighted by molar-refractivity contribution is 14.0. The van der Waals surface area contributed by atoms with Gasteiger partial charge in [0.05, 0.1) is 12.3 Å². The molecule has 0 atom stereocenters. The third-order valence-electron chi connectivity index (χ3n) is 4.29. The minimum atomic E-state index is 0. The van der Waals surface area contributed by atoms with E-state index in [2.05, 4.69) is 46.8 Å². The van der Waals surface area contributed by atoms with Crippen LogP contribution in [0.15, 0.2) is 33.8 Å². The van der Waals surface area contributed by atoms with Crippen molar-refractivity contribution in [3.8, 4) is 0 Å². The molecule has 2 aromatic rings. The van der Waals surface area contributed by atoms with Crippen LogP contribution in [0.1, 0.15) is 48.9 Å². The highest BCUT2D eigenvalue weighted by atomic mass is 127. The number of hydrogen-bond donors (Lipinski definition) is 2. The van der Waals surface area contributed by atoms with Crippen LogP contribution in [-0.2, 0) is 37.3 Å². The molecule has 2 rings (SSSR count). The van der Waals surface area contributed by atoms with Crippen LogP contribution in [0.2, 0.25) is 0 Å². The molecule has 2 N–H and O–H groups in total. The van der Waals surface area contributed by atoms with Crippen molar-refractivity contribution < 1.29 is 9.26 Å². The van der Waals surface area contributed by atoms with Gasteiger partial charge in [0.1, 0.15) is 5.76 Å². The Labute approximate surface area is 179 Å². The Balaban J connectivity index is 0.00000364. The Morgan fingerprint density at radius 1 is 1.07 bits per heavy atom. The molecule has 1 aromatic carbocycles. The van der Waals surface area contributed by atoms with Crippen LogP contribution in [0, 0.1) is 0 Å². The van der Waals surface area contributed by atoms with Crippen molar-refractivity contribution in [1.29, 1.82) is 0 Å². The van der Waals surface area contributed by atoms with Gasteiger partial charge in [-0.05, 0) is 24.5 Å². The molecule has 0 saturated carbocycles. The van der Waals surface area contributed by atoms with Crippen LogP contribution in [-0.4, -0.2) is 24.8 Å². The molecule has 150 valence electrons. The molecule has 27 heavy (non-hydrogen) atoms. The second-order valence-corrected chi connectivity index (χ2v) is 5.92. The smallest absolute Gasteiger partial charge is 0.191 e. The minimum Gasteiger partial charge on any atom is -0.377 e. The van der Waals surface area contributed by atoms with Crippen molar-refractivity contribution in [3.63, 3.8) is 0 Å². The number of guanidine groups is 1. The molecule has 0 bridgehead atoms. The van der Waals surface area contributed by atoms with Crippen molar-refractivity contribution in [2.45, 2.75) is 53.3 Å². The van der Waals surface area contributed by atoms with E-state index in [0.717, 1.165) is 35.8 Å². The highest BCUT2D eigenvalue weighted by Gasteiger charge is 2.13. The molecule has 0 spiro atoms. The lowest BCUT2D eigenvalue weighted by Crippen LogP contribution is -2.36. The highest BCUT2D eigenvalue weighted by Crippen LogP contribution is 2.15. The fourth-order valence-electron chi connectivity index (χ4n) is 2.79. The second-order valence-electron chi connectivity index (χ2n) is 5.92. The number of ether oxygens (including phenoxy) is 1. The number of nitrogens with zero attached hydrogens (tertiary/aromatic N) is 2. The molecule has 1 heterocycles. The summed E-state index contributed by atoms with van der Waals surface area (Å²) >= 11 is 0. The number of aryl methyl sites for hydroxylation is 2. The van der Waals surface area contributed by atoms with Gasteiger partial charge >= 0.3 is 0 Å². The predicted octanol–water partition coefficient (Wildman–Crippen LogP) is 3.82. The van der Waals surface area contributed by atoms with Gasteiger partial charge in [0.25, 0.3) is 0 Å². The first kappa shape index (κ1) is 23.4. The lowest BCUT2D eigenvalue weighted by atomic mass is 10.1. The Hall–Kier alpha value is -1.61. The summed E-state index contributed by atoms with van der Waals surface area (Å²) in [5.74, 6) is 1.69. The zero-order valence-electron chi connectivity index (χ0n) is 16.7.